The summed E-state index contributed by atoms with van der Waals surface area (Å²) in [5.41, 5.74) is 0.501. The molecular formula is C20H16Cl2N2O5S. The summed E-state index contributed by atoms with van der Waals surface area (Å²) in [6.07, 6.45) is 0.0617. The van der Waals surface area contributed by atoms with E-state index in [1.165, 1.54) is 25.2 Å². The average Bonchev–Trinajstić information content (AvgIpc) is 2.96. The van der Waals surface area contributed by atoms with Gasteiger partial charge < -0.3 is 10.1 Å². The van der Waals surface area contributed by atoms with Crippen molar-refractivity contribution in [3.63, 3.8) is 0 Å². The average molecular weight is 467 g/mol. The van der Waals surface area contributed by atoms with Gasteiger partial charge in [-0.3, -0.25) is 19.3 Å². The van der Waals surface area contributed by atoms with Crippen LogP contribution in [0.1, 0.15) is 16.8 Å². The van der Waals surface area contributed by atoms with Crippen LogP contribution in [-0.4, -0.2) is 47.5 Å². The molecule has 1 fully saturated rings. The number of anilines is 1. The number of imide groups is 1. The smallest absolute Gasteiger partial charge is 0.339 e. The zero-order valence-electron chi connectivity index (χ0n) is 15.7. The fraction of sp³-hybridized carbons (Fsp3) is 0.200. The lowest BCUT2D eigenvalue weighted by Crippen LogP contribution is -2.26. The van der Waals surface area contributed by atoms with E-state index in [4.69, 9.17) is 27.9 Å². The zero-order valence-corrected chi connectivity index (χ0v) is 18.0. The summed E-state index contributed by atoms with van der Waals surface area (Å²) in [4.78, 5) is 50.0. The number of hydrogen-bond acceptors (Lipinski definition) is 6. The highest BCUT2D eigenvalue weighted by Crippen LogP contribution is 2.33. The number of likely N-dealkylation sites (tertiary alicyclic amines) is 1. The minimum atomic E-state index is -0.726. The van der Waals surface area contributed by atoms with E-state index in [0.717, 1.165) is 16.7 Å². The minimum absolute atomic E-state index is 0.0617. The van der Waals surface area contributed by atoms with E-state index in [1.54, 1.807) is 24.3 Å². The largest absolute Gasteiger partial charge is 0.452 e. The first-order valence-corrected chi connectivity index (χ1v) is 10.4. The first-order chi connectivity index (χ1) is 14.3. The summed E-state index contributed by atoms with van der Waals surface area (Å²) in [6, 6.07) is 11.1. The standard InChI is InChI=1S/C20H16Cl2N2O5S/c1-24-18(26)9-16(19(24)27)30-15-5-3-2-4-12(15)20(28)29-10-17(25)23-14-8-11(21)6-7-13(14)22/h2-8,16H,9-10H2,1H3,(H,23,25). The van der Waals surface area contributed by atoms with Gasteiger partial charge in [-0.1, -0.05) is 35.3 Å². The highest BCUT2D eigenvalue weighted by molar-refractivity contribution is 8.00. The van der Waals surface area contributed by atoms with Crippen LogP contribution in [0.5, 0.6) is 0 Å². The van der Waals surface area contributed by atoms with E-state index in [-0.39, 0.29) is 23.8 Å². The third-order valence-electron chi connectivity index (χ3n) is 4.25. The van der Waals surface area contributed by atoms with Crippen LogP contribution in [-0.2, 0) is 19.1 Å². The highest BCUT2D eigenvalue weighted by atomic mass is 35.5. The molecule has 1 saturated heterocycles. The third-order valence-corrected chi connectivity index (χ3v) is 6.08. The number of carbonyl (C=O) groups excluding carboxylic acids is 4. The van der Waals surface area contributed by atoms with Gasteiger partial charge in [-0.25, -0.2) is 4.79 Å². The summed E-state index contributed by atoms with van der Waals surface area (Å²) >= 11 is 13.0. The molecule has 3 amide bonds. The van der Waals surface area contributed by atoms with E-state index >= 15 is 0 Å². The van der Waals surface area contributed by atoms with Crippen molar-refractivity contribution >= 4 is 64.3 Å². The predicted octanol–water partition coefficient (Wildman–Crippen LogP) is 3.64. The van der Waals surface area contributed by atoms with Crippen molar-refractivity contribution in [3.05, 3.63) is 58.1 Å². The number of hydrogen-bond donors (Lipinski definition) is 1. The fourth-order valence-corrected chi connectivity index (χ4v) is 4.26. The van der Waals surface area contributed by atoms with Crippen molar-refractivity contribution < 1.29 is 23.9 Å². The Hall–Kier alpha value is -2.55. The number of halogens is 2. The molecule has 7 nitrogen and oxygen atoms in total. The van der Waals surface area contributed by atoms with Crippen LogP contribution < -0.4 is 5.32 Å². The molecule has 0 spiro atoms. The Morgan fingerprint density at radius 3 is 2.63 bits per heavy atom. The number of carbonyl (C=O) groups is 4. The van der Waals surface area contributed by atoms with Crippen molar-refractivity contribution in [3.8, 4) is 0 Å². The van der Waals surface area contributed by atoms with Crippen LogP contribution in [0.4, 0.5) is 5.69 Å². The maximum Gasteiger partial charge on any atom is 0.339 e. The zero-order chi connectivity index (χ0) is 21.8. The molecule has 30 heavy (non-hydrogen) atoms. The molecule has 10 heteroatoms. The number of benzene rings is 2. The van der Waals surface area contributed by atoms with Crippen molar-refractivity contribution in [1.29, 1.82) is 0 Å². The van der Waals surface area contributed by atoms with Gasteiger partial charge in [-0.2, -0.15) is 0 Å². The fourth-order valence-electron chi connectivity index (χ4n) is 2.69. The molecule has 156 valence electrons. The molecule has 1 atom stereocenters. The molecule has 0 radical (unpaired) electrons. The Morgan fingerprint density at radius 1 is 1.20 bits per heavy atom. The number of nitrogens with zero attached hydrogens (tertiary/aromatic N) is 1. The van der Waals surface area contributed by atoms with Crippen LogP contribution >= 0.6 is 35.0 Å². The molecule has 1 aliphatic heterocycles. The monoisotopic (exact) mass is 466 g/mol. The Morgan fingerprint density at radius 2 is 1.93 bits per heavy atom. The van der Waals surface area contributed by atoms with Gasteiger partial charge >= 0.3 is 5.97 Å². The van der Waals surface area contributed by atoms with E-state index in [9.17, 15) is 19.2 Å². The number of thioether (sulfide) groups is 1. The first-order valence-electron chi connectivity index (χ1n) is 8.74. The number of ether oxygens (including phenoxy) is 1. The molecule has 1 N–H and O–H groups in total. The van der Waals surface area contributed by atoms with Crippen LogP contribution in [0, 0.1) is 0 Å². The van der Waals surface area contributed by atoms with Gasteiger partial charge in [0.1, 0.15) is 0 Å². The molecule has 2 aromatic rings. The number of amides is 3. The normalized spacial score (nSPS) is 16.0. The molecule has 0 aromatic heterocycles. The molecule has 0 aliphatic carbocycles. The van der Waals surface area contributed by atoms with Crippen molar-refractivity contribution in [2.75, 3.05) is 19.0 Å². The van der Waals surface area contributed by atoms with Crippen molar-refractivity contribution in [2.24, 2.45) is 0 Å². The number of nitrogens with one attached hydrogen (secondary N) is 1. The number of esters is 1. The second kappa shape index (κ2) is 9.51. The van der Waals surface area contributed by atoms with Gasteiger partial charge in [0.05, 0.1) is 21.5 Å². The Kier molecular flexibility index (Phi) is 7.02. The van der Waals surface area contributed by atoms with E-state index < -0.39 is 23.7 Å². The summed E-state index contributed by atoms with van der Waals surface area (Å²) in [6.45, 7) is -0.537. The SMILES string of the molecule is CN1C(=O)CC(Sc2ccccc2C(=O)OCC(=O)Nc2cc(Cl)ccc2Cl)C1=O. The van der Waals surface area contributed by atoms with Crippen molar-refractivity contribution in [1.82, 2.24) is 4.90 Å². The first kappa shape index (κ1) is 22.1. The van der Waals surface area contributed by atoms with Crippen molar-refractivity contribution in [2.45, 2.75) is 16.6 Å². The van der Waals surface area contributed by atoms with Gasteiger partial charge in [0.2, 0.25) is 11.8 Å². The Labute approximate surface area is 186 Å². The second-order valence-corrected chi connectivity index (χ2v) is 8.43. The molecule has 1 unspecified atom stereocenters. The van der Waals surface area contributed by atoms with Crippen LogP contribution in [0.2, 0.25) is 10.0 Å². The summed E-state index contributed by atoms with van der Waals surface area (Å²) in [5, 5.41) is 2.60. The van der Waals surface area contributed by atoms with Gasteiger partial charge in [-0.05, 0) is 30.3 Å². The van der Waals surface area contributed by atoms with E-state index in [1.807, 2.05) is 0 Å². The Balaban J connectivity index is 1.63. The van der Waals surface area contributed by atoms with Crippen LogP contribution in [0.3, 0.4) is 0 Å². The van der Waals surface area contributed by atoms with Crippen LogP contribution in [0.25, 0.3) is 0 Å². The summed E-state index contributed by atoms with van der Waals surface area (Å²) in [7, 11) is 1.43. The van der Waals surface area contributed by atoms with E-state index in [2.05, 4.69) is 5.32 Å². The maximum absolute atomic E-state index is 12.5. The molecule has 2 aromatic carbocycles. The molecule has 0 saturated carbocycles. The molecule has 1 heterocycles. The lowest BCUT2D eigenvalue weighted by Gasteiger charge is -2.12. The predicted molar refractivity (Wildman–Crippen MR) is 114 cm³/mol. The topological polar surface area (TPSA) is 92.8 Å². The van der Waals surface area contributed by atoms with Gasteiger partial charge in [0, 0.05) is 23.4 Å². The third kappa shape index (κ3) is 5.13. The quantitative estimate of drug-likeness (QED) is 0.515. The van der Waals surface area contributed by atoms with E-state index in [0.29, 0.717) is 20.6 Å². The lowest BCUT2D eigenvalue weighted by atomic mass is 10.2. The summed E-state index contributed by atoms with van der Waals surface area (Å²) in [5.74, 6) is -1.90. The lowest BCUT2D eigenvalue weighted by molar-refractivity contribution is -0.136. The molecular weight excluding hydrogens is 451 g/mol. The Bertz CT molecular complexity index is 1030. The maximum atomic E-state index is 12.5. The minimum Gasteiger partial charge on any atom is -0.452 e. The molecule has 3 rings (SSSR count). The van der Waals surface area contributed by atoms with Gasteiger partial charge in [0.25, 0.3) is 5.91 Å². The second-order valence-electron chi connectivity index (χ2n) is 6.35. The summed E-state index contributed by atoms with van der Waals surface area (Å²) < 4.78 is 5.10. The van der Waals surface area contributed by atoms with Crippen LogP contribution in [0.15, 0.2) is 47.4 Å². The van der Waals surface area contributed by atoms with Gasteiger partial charge in [0.15, 0.2) is 6.61 Å². The molecule has 0 bridgehead atoms. The molecule has 1 aliphatic rings. The van der Waals surface area contributed by atoms with Gasteiger partial charge in [-0.15, -0.1) is 11.8 Å². The highest BCUT2D eigenvalue weighted by Gasteiger charge is 2.37. The number of rotatable bonds is 6.